The van der Waals surface area contributed by atoms with Crippen molar-refractivity contribution in [1.29, 1.82) is 0 Å². The predicted molar refractivity (Wildman–Crippen MR) is 58.4 cm³/mol. The molecule has 0 N–H and O–H groups in total. The minimum atomic E-state index is -0.130. The Balaban J connectivity index is 2.15. The van der Waals surface area contributed by atoms with Crippen LogP contribution in [0.3, 0.4) is 0 Å². The van der Waals surface area contributed by atoms with Crippen molar-refractivity contribution < 1.29 is 9.53 Å². The van der Waals surface area contributed by atoms with Crippen LogP contribution >= 0.6 is 11.3 Å². The lowest BCUT2D eigenvalue weighted by Crippen LogP contribution is -2.05. The van der Waals surface area contributed by atoms with Gasteiger partial charge in [-0.05, 0) is 35.7 Å². The number of rotatable bonds is 5. The summed E-state index contributed by atoms with van der Waals surface area (Å²) in [5.41, 5.74) is 1.21. The Kier molecular flexibility index (Phi) is 5.00. The van der Waals surface area contributed by atoms with Crippen LogP contribution in [0, 0.1) is 0 Å². The van der Waals surface area contributed by atoms with Crippen molar-refractivity contribution in [3.63, 3.8) is 0 Å². The molecule has 0 saturated carbocycles. The molecule has 0 amide bonds. The SMILES string of the molecule is C/C=C/COC(=O)CCc1ccsc1. The van der Waals surface area contributed by atoms with Crippen LogP contribution in [0.15, 0.2) is 29.0 Å². The molecule has 0 bridgehead atoms. The van der Waals surface area contributed by atoms with E-state index < -0.39 is 0 Å². The highest BCUT2D eigenvalue weighted by Gasteiger charge is 2.02. The first kappa shape index (κ1) is 11.0. The molecule has 0 fully saturated rings. The molecule has 76 valence electrons. The summed E-state index contributed by atoms with van der Waals surface area (Å²) >= 11 is 1.65. The lowest BCUT2D eigenvalue weighted by atomic mass is 10.2. The largest absolute Gasteiger partial charge is 0.461 e. The third-order valence-corrected chi connectivity index (χ3v) is 2.51. The number of hydrogen-bond donors (Lipinski definition) is 0. The van der Waals surface area contributed by atoms with Gasteiger partial charge in [-0.3, -0.25) is 4.79 Å². The molecule has 0 aromatic carbocycles. The van der Waals surface area contributed by atoms with E-state index in [1.807, 2.05) is 30.5 Å². The minimum Gasteiger partial charge on any atom is -0.461 e. The van der Waals surface area contributed by atoms with Crippen molar-refractivity contribution >= 4 is 17.3 Å². The van der Waals surface area contributed by atoms with E-state index >= 15 is 0 Å². The zero-order valence-electron chi connectivity index (χ0n) is 8.23. The van der Waals surface area contributed by atoms with E-state index in [0.717, 1.165) is 6.42 Å². The summed E-state index contributed by atoms with van der Waals surface area (Å²) in [5.74, 6) is -0.130. The molecule has 0 atom stereocenters. The summed E-state index contributed by atoms with van der Waals surface area (Å²) < 4.78 is 4.96. The highest BCUT2D eigenvalue weighted by Crippen LogP contribution is 2.08. The third kappa shape index (κ3) is 4.23. The average Bonchev–Trinajstić information content (AvgIpc) is 2.68. The van der Waals surface area contributed by atoms with Crippen LogP contribution < -0.4 is 0 Å². The van der Waals surface area contributed by atoms with Gasteiger partial charge < -0.3 is 4.74 Å². The van der Waals surface area contributed by atoms with Crippen LogP contribution in [0.4, 0.5) is 0 Å². The van der Waals surface area contributed by atoms with Gasteiger partial charge >= 0.3 is 5.97 Å². The molecule has 0 aliphatic carbocycles. The number of allylic oxidation sites excluding steroid dienone is 1. The molecular formula is C11H14O2S. The fraction of sp³-hybridized carbons (Fsp3) is 0.364. The van der Waals surface area contributed by atoms with Crippen LogP contribution in [0.1, 0.15) is 18.9 Å². The monoisotopic (exact) mass is 210 g/mol. The van der Waals surface area contributed by atoms with E-state index in [1.54, 1.807) is 11.3 Å². The minimum absolute atomic E-state index is 0.130. The van der Waals surface area contributed by atoms with Gasteiger partial charge in [-0.2, -0.15) is 11.3 Å². The predicted octanol–water partition coefficient (Wildman–Crippen LogP) is 2.80. The number of aryl methyl sites for hydroxylation is 1. The Hall–Kier alpha value is -1.09. The Morgan fingerprint density at radius 3 is 3.14 bits per heavy atom. The van der Waals surface area contributed by atoms with Crippen molar-refractivity contribution in [2.24, 2.45) is 0 Å². The molecule has 0 unspecified atom stereocenters. The molecule has 0 radical (unpaired) electrons. The normalized spacial score (nSPS) is 10.6. The number of hydrogen-bond acceptors (Lipinski definition) is 3. The Labute approximate surface area is 88.2 Å². The van der Waals surface area contributed by atoms with Crippen LogP contribution in [-0.4, -0.2) is 12.6 Å². The lowest BCUT2D eigenvalue weighted by Gasteiger charge is -2.00. The van der Waals surface area contributed by atoms with Gasteiger partial charge in [-0.1, -0.05) is 12.2 Å². The zero-order valence-corrected chi connectivity index (χ0v) is 9.05. The summed E-state index contributed by atoms with van der Waals surface area (Å²) in [6.45, 7) is 2.29. The summed E-state index contributed by atoms with van der Waals surface area (Å²) in [4.78, 5) is 11.2. The summed E-state index contributed by atoms with van der Waals surface area (Å²) in [6, 6.07) is 2.03. The zero-order chi connectivity index (χ0) is 10.2. The number of esters is 1. The van der Waals surface area contributed by atoms with Gasteiger partial charge in [0, 0.05) is 6.42 Å². The number of thiophene rings is 1. The standard InChI is InChI=1S/C11H14O2S/c1-2-3-7-13-11(12)5-4-10-6-8-14-9-10/h2-3,6,8-9H,4-5,7H2,1H3/b3-2+. The second-order valence-corrected chi connectivity index (χ2v) is 3.66. The number of carbonyl (C=O) groups is 1. The van der Waals surface area contributed by atoms with Gasteiger partial charge in [0.2, 0.25) is 0 Å². The molecule has 0 aliphatic rings. The molecule has 0 spiro atoms. The van der Waals surface area contributed by atoms with E-state index in [1.165, 1.54) is 5.56 Å². The molecule has 14 heavy (non-hydrogen) atoms. The molecule has 0 aliphatic heterocycles. The molecular weight excluding hydrogens is 196 g/mol. The number of carbonyl (C=O) groups excluding carboxylic acids is 1. The molecule has 1 heterocycles. The van der Waals surface area contributed by atoms with E-state index in [-0.39, 0.29) is 5.97 Å². The molecule has 2 nitrogen and oxygen atoms in total. The fourth-order valence-electron chi connectivity index (χ4n) is 0.991. The van der Waals surface area contributed by atoms with Crippen LogP contribution in [0.2, 0.25) is 0 Å². The Morgan fingerprint density at radius 2 is 2.50 bits per heavy atom. The van der Waals surface area contributed by atoms with Crippen molar-refractivity contribution in [2.45, 2.75) is 19.8 Å². The Morgan fingerprint density at radius 1 is 1.64 bits per heavy atom. The molecule has 1 aromatic rings. The van der Waals surface area contributed by atoms with Crippen molar-refractivity contribution in [2.75, 3.05) is 6.61 Å². The average molecular weight is 210 g/mol. The third-order valence-electron chi connectivity index (χ3n) is 1.77. The number of ether oxygens (including phenoxy) is 1. The van der Waals surface area contributed by atoms with Crippen molar-refractivity contribution in [3.8, 4) is 0 Å². The quantitative estimate of drug-likeness (QED) is 0.552. The van der Waals surface area contributed by atoms with Crippen LogP contribution in [0.25, 0.3) is 0 Å². The fourth-order valence-corrected chi connectivity index (χ4v) is 1.69. The van der Waals surface area contributed by atoms with Crippen molar-refractivity contribution in [1.82, 2.24) is 0 Å². The topological polar surface area (TPSA) is 26.3 Å². The van der Waals surface area contributed by atoms with Gasteiger partial charge in [-0.25, -0.2) is 0 Å². The van der Waals surface area contributed by atoms with Crippen molar-refractivity contribution in [3.05, 3.63) is 34.5 Å². The van der Waals surface area contributed by atoms with E-state index in [9.17, 15) is 4.79 Å². The highest BCUT2D eigenvalue weighted by molar-refractivity contribution is 7.07. The second-order valence-electron chi connectivity index (χ2n) is 2.88. The lowest BCUT2D eigenvalue weighted by molar-refractivity contribution is -0.142. The second kappa shape index (κ2) is 6.38. The van der Waals surface area contributed by atoms with E-state index in [4.69, 9.17) is 4.74 Å². The van der Waals surface area contributed by atoms with Gasteiger partial charge in [0.05, 0.1) is 0 Å². The van der Waals surface area contributed by atoms with Gasteiger partial charge in [0.1, 0.15) is 6.61 Å². The highest BCUT2D eigenvalue weighted by atomic mass is 32.1. The molecule has 3 heteroatoms. The molecule has 1 rings (SSSR count). The molecule has 1 aromatic heterocycles. The maximum Gasteiger partial charge on any atom is 0.306 e. The maximum atomic E-state index is 11.2. The summed E-state index contributed by atoms with van der Waals surface area (Å²) in [5, 5.41) is 4.07. The first-order chi connectivity index (χ1) is 6.83. The van der Waals surface area contributed by atoms with Crippen LogP contribution in [-0.2, 0) is 16.0 Å². The van der Waals surface area contributed by atoms with Gasteiger partial charge in [0.15, 0.2) is 0 Å². The first-order valence-electron chi connectivity index (χ1n) is 4.61. The smallest absolute Gasteiger partial charge is 0.306 e. The first-order valence-corrected chi connectivity index (χ1v) is 5.55. The van der Waals surface area contributed by atoms with Crippen LogP contribution in [0.5, 0.6) is 0 Å². The van der Waals surface area contributed by atoms with E-state index in [2.05, 4.69) is 5.38 Å². The summed E-state index contributed by atoms with van der Waals surface area (Å²) in [6.07, 6.45) is 4.93. The summed E-state index contributed by atoms with van der Waals surface area (Å²) in [7, 11) is 0. The van der Waals surface area contributed by atoms with Gasteiger partial charge in [-0.15, -0.1) is 0 Å². The maximum absolute atomic E-state index is 11.2. The van der Waals surface area contributed by atoms with Gasteiger partial charge in [0.25, 0.3) is 0 Å². The van der Waals surface area contributed by atoms with E-state index in [0.29, 0.717) is 13.0 Å². The Bertz CT molecular complexity index is 288. The molecule has 0 saturated heterocycles.